The summed E-state index contributed by atoms with van der Waals surface area (Å²) in [4.78, 5) is 32.2. The third kappa shape index (κ3) is 5.44. The van der Waals surface area contributed by atoms with Crippen molar-refractivity contribution >= 4 is 23.4 Å². The van der Waals surface area contributed by atoms with E-state index in [9.17, 15) is 9.59 Å². The van der Waals surface area contributed by atoms with Gasteiger partial charge in [-0.25, -0.2) is 9.79 Å². The van der Waals surface area contributed by atoms with Crippen LogP contribution in [-0.4, -0.2) is 29.9 Å². The molecule has 2 aromatic carbocycles. The molecule has 192 valence electrons. The number of benzene rings is 2. The van der Waals surface area contributed by atoms with E-state index in [1.165, 1.54) is 11.3 Å². The second-order valence-electron chi connectivity index (χ2n) is 8.64. The first-order valence-electron chi connectivity index (χ1n) is 12.1. The summed E-state index contributed by atoms with van der Waals surface area (Å²) >= 11 is 1.26. The number of thiazole rings is 1. The van der Waals surface area contributed by atoms with Crippen molar-refractivity contribution in [3.63, 3.8) is 0 Å². The fraction of sp³-hybridized carbons (Fsp3) is 0.276. The number of allylic oxidation sites excluding steroid dienone is 1. The van der Waals surface area contributed by atoms with Gasteiger partial charge in [-0.15, -0.1) is 0 Å². The van der Waals surface area contributed by atoms with Crippen molar-refractivity contribution < 1.29 is 19.0 Å². The van der Waals surface area contributed by atoms with Crippen molar-refractivity contribution in [3.8, 4) is 11.5 Å². The van der Waals surface area contributed by atoms with Crippen LogP contribution in [0.1, 0.15) is 44.9 Å². The van der Waals surface area contributed by atoms with Gasteiger partial charge in [0.25, 0.3) is 5.56 Å². The van der Waals surface area contributed by atoms with E-state index in [0.29, 0.717) is 44.3 Å². The van der Waals surface area contributed by atoms with E-state index in [4.69, 9.17) is 14.2 Å². The Morgan fingerprint density at radius 2 is 1.86 bits per heavy atom. The van der Waals surface area contributed by atoms with Gasteiger partial charge in [-0.3, -0.25) is 9.36 Å². The molecule has 3 aromatic rings. The molecule has 1 aliphatic rings. The molecule has 0 N–H and O–H groups in total. The molecule has 0 unspecified atom stereocenters. The lowest BCUT2D eigenvalue weighted by molar-refractivity contribution is -0.139. The molecular formula is C29H30N2O5S. The predicted octanol–water partition coefficient (Wildman–Crippen LogP) is 4.15. The summed E-state index contributed by atoms with van der Waals surface area (Å²) in [6.07, 6.45) is 3.36. The number of hydrogen-bond donors (Lipinski definition) is 0. The highest BCUT2D eigenvalue weighted by molar-refractivity contribution is 7.07. The highest BCUT2D eigenvalue weighted by Crippen LogP contribution is 2.36. The van der Waals surface area contributed by atoms with Crippen LogP contribution in [0.15, 0.2) is 82.2 Å². The molecule has 8 heteroatoms. The van der Waals surface area contributed by atoms with Gasteiger partial charge in [0, 0.05) is 11.1 Å². The molecular weight excluding hydrogens is 488 g/mol. The summed E-state index contributed by atoms with van der Waals surface area (Å²) in [5.74, 6) is 0.728. The molecule has 0 fully saturated rings. The Balaban J connectivity index is 1.96. The number of nitrogens with zero attached hydrogens (tertiary/aromatic N) is 2. The van der Waals surface area contributed by atoms with Crippen LogP contribution in [0.4, 0.5) is 0 Å². The molecule has 0 bridgehead atoms. The van der Waals surface area contributed by atoms with Gasteiger partial charge < -0.3 is 14.2 Å². The summed E-state index contributed by atoms with van der Waals surface area (Å²) in [5, 5.41) is 0. The number of rotatable bonds is 9. The van der Waals surface area contributed by atoms with Crippen LogP contribution in [0, 0.1) is 0 Å². The Morgan fingerprint density at radius 3 is 2.57 bits per heavy atom. The number of hydrogen-bond acceptors (Lipinski definition) is 7. The smallest absolute Gasteiger partial charge is 0.338 e. The molecule has 0 spiro atoms. The molecule has 1 aromatic heterocycles. The zero-order valence-electron chi connectivity index (χ0n) is 21.4. The summed E-state index contributed by atoms with van der Waals surface area (Å²) in [6.45, 7) is 11.6. The molecule has 7 nitrogen and oxygen atoms in total. The maximum Gasteiger partial charge on any atom is 0.338 e. The lowest BCUT2D eigenvalue weighted by atomic mass is 9.95. The van der Waals surface area contributed by atoms with Gasteiger partial charge in [0.2, 0.25) is 0 Å². The van der Waals surface area contributed by atoms with Crippen LogP contribution in [0.5, 0.6) is 11.5 Å². The van der Waals surface area contributed by atoms with Gasteiger partial charge in [0.1, 0.15) is 24.1 Å². The maximum atomic E-state index is 13.9. The van der Waals surface area contributed by atoms with Crippen molar-refractivity contribution in [2.24, 2.45) is 4.99 Å². The molecule has 4 rings (SSSR count). The van der Waals surface area contributed by atoms with E-state index < -0.39 is 12.0 Å². The van der Waals surface area contributed by atoms with E-state index in [1.54, 1.807) is 30.6 Å². The van der Waals surface area contributed by atoms with E-state index in [1.807, 2.05) is 62.4 Å². The first kappa shape index (κ1) is 26.2. The second-order valence-corrected chi connectivity index (χ2v) is 9.65. The Kier molecular flexibility index (Phi) is 8.08. The minimum Gasteiger partial charge on any atom is -0.491 e. The van der Waals surface area contributed by atoms with Crippen molar-refractivity contribution in [2.45, 2.75) is 39.8 Å². The van der Waals surface area contributed by atoms with Gasteiger partial charge in [-0.2, -0.15) is 0 Å². The van der Waals surface area contributed by atoms with Crippen molar-refractivity contribution in [3.05, 3.63) is 103 Å². The normalized spacial score (nSPS) is 15.3. The van der Waals surface area contributed by atoms with Crippen LogP contribution in [-0.2, 0) is 9.53 Å². The highest BCUT2D eigenvalue weighted by Gasteiger charge is 2.35. The van der Waals surface area contributed by atoms with Crippen LogP contribution >= 0.6 is 11.3 Å². The third-order valence-electron chi connectivity index (χ3n) is 5.66. The molecule has 0 saturated heterocycles. The average Bonchev–Trinajstić information content (AvgIpc) is 3.17. The Morgan fingerprint density at radius 1 is 1.16 bits per heavy atom. The highest BCUT2D eigenvalue weighted by atomic mass is 32.1. The maximum absolute atomic E-state index is 13.9. The summed E-state index contributed by atoms with van der Waals surface area (Å²) in [6, 6.07) is 14.2. The largest absolute Gasteiger partial charge is 0.491 e. The van der Waals surface area contributed by atoms with Crippen LogP contribution in [0.2, 0.25) is 0 Å². The number of fused-ring (bicyclic) bond motifs is 1. The Labute approximate surface area is 219 Å². The number of ether oxygens (including phenoxy) is 3. The summed E-state index contributed by atoms with van der Waals surface area (Å²) < 4.78 is 19.3. The lowest BCUT2D eigenvalue weighted by Crippen LogP contribution is -2.40. The zero-order valence-corrected chi connectivity index (χ0v) is 22.2. The average molecular weight is 519 g/mol. The van der Waals surface area contributed by atoms with Crippen LogP contribution in [0.25, 0.3) is 6.08 Å². The van der Waals surface area contributed by atoms with E-state index in [2.05, 4.69) is 11.6 Å². The van der Waals surface area contributed by atoms with E-state index in [0.717, 1.165) is 5.56 Å². The number of carbonyl (C=O) groups excluding carboxylic acids is 1. The first-order valence-corrected chi connectivity index (χ1v) is 12.9. The topological polar surface area (TPSA) is 79.1 Å². The number of para-hydroxylation sites is 2. The van der Waals surface area contributed by atoms with Gasteiger partial charge in [0.05, 0.1) is 28.5 Å². The van der Waals surface area contributed by atoms with Crippen molar-refractivity contribution in [2.75, 3.05) is 13.2 Å². The number of esters is 1. The predicted molar refractivity (Wildman–Crippen MR) is 145 cm³/mol. The van der Waals surface area contributed by atoms with Gasteiger partial charge in [-0.1, -0.05) is 60.4 Å². The van der Waals surface area contributed by atoms with E-state index in [-0.39, 0.29) is 18.3 Å². The Bertz CT molecular complexity index is 1530. The van der Waals surface area contributed by atoms with Crippen molar-refractivity contribution in [1.82, 2.24) is 4.57 Å². The first-order chi connectivity index (χ1) is 17.8. The monoisotopic (exact) mass is 518 g/mol. The lowest BCUT2D eigenvalue weighted by Gasteiger charge is -2.26. The summed E-state index contributed by atoms with van der Waals surface area (Å²) in [7, 11) is 0. The van der Waals surface area contributed by atoms with Crippen LogP contribution in [0.3, 0.4) is 0 Å². The fourth-order valence-corrected chi connectivity index (χ4v) is 5.21. The molecule has 0 radical (unpaired) electrons. The van der Waals surface area contributed by atoms with Crippen LogP contribution < -0.4 is 24.4 Å². The third-order valence-corrected chi connectivity index (χ3v) is 6.64. The molecule has 1 aliphatic heterocycles. The molecule has 0 saturated carbocycles. The second kappa shape index (κ2) is 11.4. The molecule has 0 aliphatic carbocycles. The van der Waals surface area contributed by atoms with E-state index >= 15 is 0 Å². The number of aromatic nitrogens is 1. The van der Waals surface area contributed by atoms with Gasteiger partial charge >= 0.3 is 5.97 Å². The minimum absolute atomic E-state index is 0.0971. The fourth-order valence-electron chi connectivity index (χ4n) is 4.17. The minimum atomic E-state index is -0.750. The SMILES string of the molecule is C=CCOc1ccccc1/C=c1\sc2n(c1=O)[C@@H](c1ccccc1OC(C)C)C(C(=O)OCC)=C(C)N=2. The number of carbonyl (C=O) groups is 1. The van der Waals surface area contributed by atoms with Gasteiger partial charge in [0.15, 0.2) is 4.80 Å². The molecule has 1 atom stereocenters. The molecule has 0 amide bonds. The van der Waals surface area contributed by atoms with Crippen molar-refractivity contribution in [1.29, 1.82) is 0 Å². The molecule has 2 heterocycles. The van der Waals surface area contributed by atoms with Gasteiger partial charge in [-0.05, 0) is 45.9 Å². The summed E-state index contributed by atoms with van der Waals surface area (Å²) in [5.41, 5.74) is 2.01. The standard InChI is InChI=1S/C29H30N2O5S/c1-6-16-35-22-14-10-8-12-20(22)17-24-27(32)31-26(21-13-9-11-15-23(21)36-18(3)4)25(28(33)34-7-2)19(5)30-29(31)37-24/h6,8-15,17-18,26H,1,7,16H2,2-5H3/b24-17-/t26-/m0/s1. The zero-order chi connectivity index (χ0) is 26.5. The molecule has 37 heavy (non-hydrogen) atoms. The Hall–Kier alpha value is -3.91. The quantitative estimate of drug-likeness (QED) is 0.314.